The number of carbonyl (C=O) groups is 1. The number of anilines is 2. The van der Waals surface area contributed by atoms with Gasteiger partial charge in [0.1, 0.15) is 0 Å². The first kappa shape index (κ1) is 14.4. The molecule has 0 atom stereocenters. The molecule has 0 aromatic heterocycles. The number of nitrogens with one attached hydrogen (secondary N) is 1. The molecular weight excluding hydrogens is 272 g/mol. The summed E-state index contributed by atoms with van der Waals surface area (Å²) in [6.07, 6.45) is 0. The number of hydrogen-bond donors (Lipinski definition) is 1. The molecule has 0 saturated heterocycles. The summed E-state index contributed by atoms with van der Waals surface area (Å²) < 4.78 is 0. The Labute approximate surface area is 124 Å². The van der Waals surface area contributed by atoms with Gasteiger partial charge in [0.2, 0.25) is 0 Å². The molecular formula is C16H17ClN2O. The van der Waals surface area contributed by atoms with E-state index in [-0.39, 0.29) is 5.91 Å². The minimum Gasteiger partial charge on any atom is -0.387 e. The Hall–Kier alpha value is -2.00. The number of carbonyl (C=O) groups excluding carboxylic acids is 1. The molecule has 0 aliphatic carbocycles. The molecule has 1 amide bonds. The van der Waals surface area contributed by atoms with Crippen molar-refractivity contribution in [3.05, 3.63) is 58.6 Å². The monoisotopic (exact) mass is 288 g/mol. The lowest BCUT2D eigenvalue weighted by molar-refractivity contribution is 0.0993. The van der Waals surface area contributed by atoms with Crippen molar-refractivity contribution in [3.8, 4) is 0 Å². The molecule has 3 nitrogen and oxygen atoms in total. The fourth-order valence-electron chi connectivity index (χ4n) is 2.14. The van der Waals surface area contributed by atoms with Crippen LogP contribution in [-0.4, -0.2) is 20.0 Å². The highest BCUT2D eigenvalue weighted by atomic mass is 35.5. The Morgan fingerprint density at radius 2 is 1.90 bits per heavy atom. The maximum absolute atomic E-state index is 12.7. The second kappa shape index (κ2) is 5.97. The van der Waals surface area contributed by atoms with Gasteiger partial charge in [-0.1, -0.05) is 29.8 Å². The quantitative estimate of drug-likeness (QED) is 0.927. The lowest BCUT2D eigenvalue weighted by Crippen LogP contribution is -2.27. The highest BCUT2D eigenvalue weighted by molar-refractivity contribution is 6.31. The van der Waals surface area contributed by atoms with Gasteiger partial charge in [-0.05, 0) is 36.8 Å². The van der Waals surface area contributed by atoms with Crippen LogP contribution in [0.3, 0.4) is 0 Å². The van der Waals surface area contributed by atoms with Gasteiger partial charge in [-0.15, -0.1) is 0 Å². The Bertz CT molecular complexity index is 640. The summed E-state index contributed by atoms with van der Waals surface area (Å²) >= 11 is 6.00. The van der Waals surface area contributed by atoms with E-state index in [1.807, 2.05) is 31.2 Å². The van der Waals surface area contributed by atoms with E-state index < -0.39 is 0 Å². The van der Waals surface area contributed by atoms with Crippen LogP contribution in [0.5, 0.6) is 0 Å². The number of nitrogens with zero attached hydrogens (tertiary/aromatic N) is 1. The van der Waals surface area contributed by atoms with Gasteiger partial charge in [0, 0.05) is 30.5 Å². The molecule has 1 N–H and O–H groups in total. The van der Waals surface area contributed by atoms with Gasteiger partial charge in [0.25, 0.3) is 5.91 Å². The second-order valence-corrected chi connectivity index (χ2v) is 5.03. The number of amides is 1. The molecule has 0 heterocycles. The summed E-state index contributed by atoms with van der Waals surface area (Å²) in [5.41, 5.74) is 3.27. The third kappa shape index (κ3) is 2.78. The lowest BCUT2D eigenvalue weighted by Gasteiger charge is -2.21. The SMILES string of the molecule is CNc1ccc(Cl)cc1C(=O)N(C)c1ccccc1C. The van der Waals surface area contributed by atoms with Crippen molar-refractivity contribution < 1.29 is 4.79 Å². The fraction of sp³-hybridized carbons (Fsp3) is 0.188. The van der Waals surface area contributed by atoms with Crippen molar-refractivity contribution in [3.63, 3.8) is 0 Å². The van der Waals surface area contributed by atoms with Crippen molar-refractivity contribution >= 4 is 28.9 Å². The molecule has 104 valence electrons. The molecule has 4 heteroatoms. The minimum absolute atomic E-state index is 0.0915. The zero-order chi connectivity index (χ0) is 14.7. The molecule has 0 unspecified atom stereocenters. The number of aryl methyl sites for hydroxylation is 1. The van der Waals surface area contributed by atoms with Crippen LogP contribution in [-0.2, 0) is 0 Å². The topological polar surface area (TPSA) is 32.3 Å². The fourth-order valence-corrected chi connectivity index (χ4v) is 2.31. The summed E-state index contributed by atoms with van der Waals surface area (Å²) in [6, 6.07) is 13.0. The summed E-state index contributed by atoms with van der Waals surface area (Å²) in [4.78, 5) is 14.3. The standard InChI is InChI=1S/C16H17ClN2O/c1-11-6-4-5-7-15(11)19(3)16(20)13-10-12(17)8-9-14(13)18-2/h4-10,18H,1-3H3. The molecule has 2 rings (SSSR count). The summed E-state index contributed by atoms with van der Waals surface area (Å²) in [5, 5.41) is 3.57. The molecule has 0 bridgehead atoms. The average Bonchev–Trinajstić information content (AvgIpc) is 2.46. The van der Waals surface area contributed by atoms with Crippen LogP contribution in [0.1, 0.15) is 15.9 Å². The van der Waals surface area contributed by atoms with E-state index in [4.69, 9.17) is 11.6 Å². The third-order valence-corrected chi connectivity index (χ3v) is 3.50. The van der Waals surface area contributed by atoms with Crippen molar-refractivity contribution in [1.82, 2.24) is 0 Å². The Balaban J connectivity index is 2.41. The van der Waals surface area contributed by atoms with E-state index in [0.717, 1.165) is 16.9 Å². The van der Waals surface area contributed by atoms with Crippen molar-refractivity contribution in [1.29, 1.82) is 0 Å². The highest BCUT2D eigenvalue weighted by Gasteiger charge is 2.18. The maximum atomic E-state index is 12.7. The molecule has 0 saturated carbocycles. The molecule has 0 spiro atoms. The van der Waals surface area contributed by atoms with Crippen molar-refractivity contribution in [2.75, 3.05) is 24.3 Å². The first-order valence-corrected chi connectivity index (χ1v) is 6.73. The summed E-state index contributed by atoms with van der Waals surface area (Å²) in [6.45, 7) is 1.98. The Morgan fingerprint density at radius 1 is 1.20 bits per heavy atom. The van der Waals surface area contributed by atoms with Crippen LogP contribution in [0.4, 0.5) is 11.4 Å². The molecule has 0 aliphatic heterocycles. The molecule has 0 fully saturated rings. The van der Waals surface area contributed by atoms with Crippen molar-refractivity contribution in [2.24, 2.45) is 0 Å². The molecule has 20 heavy (non-hydrogen) atoms. The molecule has 2 aromatic carbocycles. The van der Waals surface area contributed by atoms with E-state index in [9.17, 15) is 4.79 Å². The lowest BCUT2D eigenvalue weighted by atomic mass is 10.1. The van der Waals surface area contributed by atoms with E-state index in [2.05, 4.69) is 5.32 Å². The molecule has 0 radical (unpaired) electrons. The zero-order valence-electron chi connectivity index (χ0n) is 11.8. The molecule has 0 aliphatic rings. The van der Waals surface area contributed by atoms with Gasteiger partial charge in [-0.2, -0.15) is 0 Å². The van der Waals surface area contributed by atoms with Gasteiger partial charge < -0.3 is 10.2 Å². The average molecular weight is 289 g/mol. The third-order valence-electron chi connectivity index (χ3n) is 3.26. The van der Waals surface area contributed by atoms with Gasteiger partial charge >= 0.3 is 0 Å². The van der Waals surface area contributed by atoms with Crippen molar-refractivity contribution in [2.45, 2.75) is 6.92 Å². The minimum atomic E-state index is -0.0915. The van der Waals surface area contributed by atoms with Crippen LogP contribution >= 0.6 is 11.6 Å². The number of para-hydroxylation sites is 1. The van der Waals surface area contributed by atoms with Gasteiger partial charge in [0.15, 0.2) is 0 Å². The largest absolute Gasteiger partial charge is 0.387 e. The van der Waals surface area contributed by atoms with Crippen LogP contribution in [0.2, 0.25) is 5.02 Å². The highest BCUT2D eigenvalue weighted by Crippen LogP contribution is 2.25. The number of halogens is 1. The van der Waals surface area contributed by atoms with E-state index in [0.29, 0.717) is 10.6 Å². The first-order valence-electron chi connectivity index (χ1n) is 6.35. The number of rotatable bonds is 3. The summed E-state index contributed by atoms with van der Waals surface area (Å²) in [7, 11) is 3.55. The Kier molecular flexibility index (Phi) is 4.30. The number of hydrogen-bond acceptors (Lipinski definition) is 2. The predicted molar refractivity (Wildman–Crippen MR) is 84.9 cm³/mol. The van der Waals surface area contributed by atoms with Crippen LogP contribution in [0.15, 0.2) is 42.5 Å². The second-order valence-electron chi connectivity index (χ2n) is 4.59. The maximum Gasteiger partial charge on any atom is 0.260 e. The predicted octanol–water partition coefficient (Wildman–Crippen LogP) is 3.97. The van der Waals surface area contributed by atoms with Crippen LogP contribution in [0.25, 0.3) is 0 Å². The van der Waals surface area contributed by atoms with Crippen LogP contribution in [0, 0.1) is 6.92 Å². The number of benzene rings is 2. The normalized spacial score (nSPS) is 10.2. The molecule has 2 aromatic rings. The summed E-state index contributed by atoms with van der Waals surface area (Å²) in [5.74, 6) is -0.0915. The van der Waals surface area contributed by atoms with E-state index in [1.165, 1.54) is 0 Å². The smallest absolute Gasteiger partial charge is 0.260 e. The zero-order valence-corrected chi connectivity index (χ0v) is 12.5. The Morgan fingerprint density at radius 3 is 2.55 bits per heavy atom. The van der Waals surface area contributed by atoms with Crippen LogP contribution < -0.4 is 10.2 Å². The van der Waals surface area contributed by atoms with E-state index >= 15 is 0 Å². The van der Waals surface area contributed by atoms with Gasteiger partial charge in [-0.25, -0.2) is 0 Å². The van der Waals surface area contributed by atoms with Gasteiger partial charge in [0.05, 0.1) is 5.56 Å². The van der Waals surface area contributed by atoms with E-state index in [1.54, 1.807) is 37.2 Å². The first-order chi connectivity index (χ1) is 9.54. The van der Waals surface area contributed by atoms with Gasteiger partial charge in [-0.3, -0.25) is 4.79 Å².